The highest BCUT2D eigenvalue weighted by Crippen LogP contribution is 2.30. The number of carbonyl (C=O) groups is 1. The Hall–Kier alpha value is -1.52. The van der Waals surface area contributed by atoms with Crippen molar-refractivity contribution in [2.45, 2.75) is 6.42 Å². The van der Waals surface area contributed by atoms with Crippen molar-refractivity contribution in [1.82, 2.24) is 0 Å². The Morgan fingerprint density at radius 2 is 1.93 bits per heavy atom. The van der Waals surface area contributed by atoms with E-state index < -0.39 is 28.8 Å². The first-order valence-electron chi connectivity index (χ1n) is 3.94. The van der Waals surface area contributed by atoms with E-state index in [1.807, 2.05) is 0 Å². The molecule has 0 radical (unpaired) electrons. The van der Waals surface area contributed by atoms with Gasteiger partial charge in [-0.15, -0.1) is 0 Å². The lowest BCUT2D eigenvalue weighted by atomic mass is 10.0. The van der Waals surface area contributed by atoms with Crippen LogP contribution in [0.25, 0.3) is 0 Å². The lowest BCUT2D eigenvalue weighted by Crippen LogP contribution is -2.18. The highest BCUT2D eigenvalue weighted by Gasteiger charge is 2.27. The fourth-order valence-electron chi connectivity index (χ4n) is 1.33. The molecule has 14 heavy (non-hydrogen) atoms. The van der Waals surface area contributed by atoms with E-state index in [0.29, 0.717) is 6.07 Å². The topological polar surface area (TPSA) is 26.3 Å². The minimum Gasteiger partial charge on any atom is -0.492 e. The van der Waals surface area contributed by atoms with Crippen LogP contribution in [0.4, 0.5) is 13.2 Å². The number of carbonyl (C=O) groups excluding carboxylic acids is 1. The van der Waals surface area contributed by atoms with E-state index in [2.05, 4.69) is 0 Å². The first kappa shape index (κ1) is 9.05. The highest BCUT2D eigenvalue weighted by molar-refractivity contribution is 5.99. The van der Waals surface area contributed by atoms with E-state index >= 15 is 0 Å². The first-order valence-corrected chi connectivity index (χ1v) is 3.94. The fraction of sp³-hybridized carbons (Fsp3) is 0.222. The summed E-state index contributed by atoms with van der Waals surface area (Å²) in [5.74, 6) is -5.25. The zero-order chi connectivity index (χ0) is 10.3. The van der Waals surface area contributed by atoms with Gasteiger partial charge in [-0.3, -0.25) is 4.79 Å². The summed E-state index contributed by atoms with van der Waals surface area (Å²) in [5.41, 5.74) is -0.491. The molecule has 0 aliphatic carbocycles. The van der Waals surface area contributed by atoms with Gasteiger partial charge in [0.25, 0.3) is 0 Å². The second-order valence-electron chi connectivity index (χ2n) is 2.88. The number of ketones is 1. The molecule has 1 aromatic carbocycles. The van der Waals surface area contributed by atoms with Crippen LogP contribution in [0.15, 0.2) is 6.07 Å². The third-order valence-corrected chi connectivity index (χ3v) is 1.99. The molecule has 5 heteroatoms. The van der Waals surface area contributed by atoms with Crippen molar-refractivity contribution >= 4 is 5.78 Å². The molecule has 0 atom stereocenters. The quantitative estimate of drug-likeness (QED) is 0.602. The van der Waals surface area contributed by atoms with E-state index in [4.69, 9.17) is 4.74 Å². The molecule has 2 nitrogen and oxygen atoms in total. The molecule has 1 aromatic rings. The van der Waals surface area contributed by atoms with Gasteiger partial charge in [-0.2, -0.15) is 0 Å². The number of hydrogen-bond donors (Lipinski definition) is 0. The lowest BCUT2D eigenvalue weighted by Gasteiger charge is -2.16. The summed E-state index contributed by atoms with van der Waals surface area (Å²) in [6, 6.07) is 0.685. The maximum absolute atomic E-state index is 13.1. The van der Waals surface area contributed by atoms with Crippen molar-refractivity contribution in [3.8, 4) is 5.75 Å². The molecule has 0 amide bonds. The van der Waals surface area contributed by atoms with Crippen LogP contribution in [-0.4, -0.2) is 12.4 Å². The molecule has 74 valence electrons. The smallest absolute Gasteiger partial charge is 0.195 e. The molecule has 0 N–H and O–H groups in total. The highest BCUT2D eigenvalue weighted by atomic mass is 19.2. The van der Waals surface area contributed by atoms with Gasteiger partial charge < -0.3 is 4.74 Å². The van der Waals surface area contributed by atoms with Crippen LogP contribution >= 0.6 is 0 Å². The van der Waals surface area contributed by atoms with E-state index in [0.717, 1.165) is 0 Å². The number of ether oxygens (including phenoxy) is 1. The monoisotopic (exact) mass is 202 g/mol. The molecule has 0 aromatic heterocycles. The van der Waals surface area contributed by atoms with E-state index in [9.17, 15) is 18.0 Å². The summed E-state index contributed by atoms with van der Waals surface area (Å²) in [5, 5.41) is 0. The Labute approximate surface area is 77.3 Å². The average Bonchev–Trinajstić information content (AvgIpc) is 2.14. The van der Waals surface area contributed by atoms with Crippen LogP contribution < -0.4 is 4.74 Å². The number of Topliss-reactive ketones (excluding diaryl/α,β-unsaturated/α-hetero) is 1. The maximum atomic E-state index is 13.1. The van der Waals surface area contributed by atoms with Crippen LogP contribution in [0.5, 0.6) is 5.75 Å². The third-order valence-electron chi connectivity index (χ3n) is 1.99. The molecule has 0 saturated carbocycles. The van der Waals surface area contributed by atoms with Gasteiger partial charge in [-0.25, -0.2) is 13.2 Å². The molecule has 2 rings (SSSR count). The van der Waals surface area contributed by atoms with Crippen molar-refractivity contribution in [1.29, 1.82) is 0 Å². The third kappa shape index (κ3) is 1.16. The molecule has 0 saturated heterocycles. The number of fused-ring (bicyclic) bond motifs is 1. The van der Waals surface area contributed by atoms with E-state index in [-0.39, 0.29) is 18.8 Å². The van der Waals surface area contributed by atoms with Gasteiger partial charge in [0.05, 0.1) is 12.2 Å². The van der Waals surface area contributed by atoms with Gasteiger partial charge in [-0.05, 0) is 0 Å². The van der Waals surface area contributed by atoms with Crippen LogP contribution in [0.2, 0.25) is 0 Å². The standard InChI is InChI=1S/C9H5F3O2/c10-4-3-6-7(9(12)8(4)11)5(13)1-2-14-6/h3H,1-2H2. The number of benzene rings is 1. The Kier molecular flexibility index (Phi) is 1.94. The molecule has 0 spiro atoms. The van der Waals surface area contributed by atoms with Gasteiger partial charge in [0.2, 0.25) is 0 Å². The zero-order valence-corrected chi connectivity index (χ0v) is 6.94. The number of halogens is 3. The Bertz CT molecular complexity index is 415. The van der Waals surface area contributed by atoms with Gasteiger partial charge in [0.1, 0.15) is 5.75 Å². The Morgan fingerprint density at radius 3 is 2.64 bits per heavy atom. The van der Waals surface area contributed by atoms with Crippen LogP contribution in [0.1, 0.15) is 16.8 Å². The molecule has 1 heterocycles. The predicted molar refractivity (Wildman–Crippen MR) is 40.8 cm³/mol. The van der Waals surface area contributed by atoms with Crippen LogP contribution in [0.3, 0.4) is 0 Å². The Morgan fingerprint density at radius 1 is 1.21 bits per heavy atom. The van der Waals surface area contributed by atoms with Crippen molar-refractivity contribution in [2.75, 3.05) is 6.61 Å². The number of hydrogen-bond acceptors (Lipinski definition) is 2. The summed E-state index contributed by atoms with van der Waals surface area (Å²) in [7, 11) is 0. The second-order valence-corrected chi connectivity index (χ2v) is 2.88. The van der Waals surface area contributed by atoms with Gasteiger partial charge in [0.15, 0.2) is 23.2 Å². The fourth-order valence-corrected chi connectivity index (χ4v) is 1.33. The molecule has 0 unspecified atom stereocenters. The van der Waals surface area contributed by atoms with Crippen molar-refractivity contribution < 1.29 is 22.7 Å². The van der Waals surface area contributed by atoms with Crippen LogP contribution in [-0.2, 0) is 0 Å². The molecule has 1 aliphatic heterocycles. The minimum absolute atomic E-state index is 0.0189. The SMILES string of the molecule is O=C1CCOc2cc(F)c(F)c(F)c21. The average molecular weight is 202 g/mol. The maximum Gasteiger partial charge on any atom is 0.195 e. The van der Waals surface area contributed by atoms with E-state index in [1.54, 1.807) is 0 Å². The summed E-state index contributed by atoms with van der Waals surface area (Å²) in [6.45, 7) is 0.0658. The van der Waals surface area contributed by atoms with Gasteiger partial charge in [-0.1, -0.05) is 0 Å². The van der Waals surface area contributed by atoms with Crippen molar-refractivity contribution in [2.24, 2.45) is 0 Å². The number of rotatable bonds is 0. The predicted octanol–water partition coefficient (Wildman–Crippen LogP) is 2.07. The second kappa shape index (κ2) is 3.01. The molecular formula is C9H5F3O2. The molecule has 0 bridgehead atoms. The minimum atomic E-state index is -1.64. The summed E-state index contributed by atoms with van der Waals surface area (Å²) < 4.78 is 43.3. The zero-order valence-electron chi connectivity index (χ0n) is 6.94. The molecule has 1 aliphatic rings. The molecule has 0 fully saturated rings. The van der Waals surface area contributed by atoms with Crippen molar-refractivity contribution in [3.05, 3.63) is 29.1 Å². The van der Waals surface area contributed by atoms with Gasteiger partial charge in [0, 0.05) is 12.5 Å². The summed E-state index contributed by atoms with van der Waals surface area (Å²) in [4.78, 5) is 11.2. The van der Waals surface area contributed by atoms with Gasteiger partial charge >= 0.3 is 0 Å². The van der Waals surface area contributed by atoms with Crippen LogP contribution in [0, 0.1) is 17.5 Å². The lowest BCUT2D eigenvalue weighted by molar-refractivity contribution is 0.0925. The Balaban J connectivity index is 2.70. The van der Waals surface area contributed by atoms with Crippen molar-refractivity contribution in [3.63, 3.8) is 0 Å². The largest absolute Gasteiger partial charge is 0.492 e. The normalized spacial score (nSPS) is 14.9. The first-order chi connectivity index (χ1) is 6.61. The van der Waals surface area contributed by atoms with E-state index in [1.165, 1.54) is 0 Å². The summed E-state index contributed by atoms with van der Waals surface area (Å²) >= 11 is 0. The summed E-state index contributed by atoms with van der Waals surface area (Å²) in [6.07, 6.45) is -0.0189. The molecular weight excluding hydrogens is 197 g/mol.